The molecule has 0 N–H and O–H groups in total. The van der Waals surface area contributed by atoms with Crippen LogP contribution in [0, 0.1) is 0 Å². The molecule has 8 aromatic rings. The lowest BCUT2D eigenvalue weighted by Gasteiger charge is -2.34. The van der Waals surface area contributed by atoms with E-state index in [9.17, 15) is 0 Å². The molecule has 0 saturated carbocycles. The maximum atomic E-state index is 3.81. The zero-order valence-corrected chi connectivity index (χ0v) is 29.0. The molecule has 0 aliphatic heterocycles. The largest absolute Gasteiger partial charge is 0.0714 e. The first-order chi connectivity index (χ1) is 24.7. The highest BCUT2D eigenvalue weighted by molar-refractivity contribution is 9.10. The Kier molecular flexibility index (Phi) is 7.64. The molecule has 0 radical (unpaired) electrons. The lowest BCUT2D eigenvalue weighted by molar-refractivity contribution is 0.768. The van der Waals surface area contributed by atoms with E-state index in [1.807, 2.05) is 0 Å². The van der Waals surface area contributed by atoms with Crippen LogP contribution in [0.5, 0.6) is 0 Å². The highest BCUT2D eigenvalue weighted by atomic mass is 79.9. The Morgan fingerprint density at radius 3 is 1.22 bits per heavy atom. The van der Waals surface area contributed by atoms with Gasteiger partial charge in [-0.05, 0) is 120 Å². The Hall–Kier alpha value is -5.76. The van der Waals surface area contributed by atoms with Crippen molar-refractivity contribution in [2.24, 2.45) is 0 Å². The van der Waals surface area contributed by atoms with Crippen LogP contribution in [0.1, 0.15) is 22.3 Å². The molecule has 236 valence electrons. The SMILES string of the molecule is Brc1cccc(C2(c3cccc(-c4cccc(-c5cc(-c6ccccc6)cc(-c6ccccc6)c5)c4)c3)c3ccccc3-c3ccccc32)c1. The van der Waals surface area contributed by atoms with E-state index in [-0.39, 0.29) is 0 Å². The summed E-state index contributed by atoms with van der Waals surface area (Å²) in [6.45, 7) is 0. The second-order valence-corrected chi connectivity index (χ2v) is 14.0. The first-order valence-electron chi connectivity index (χ1n) is 17.1. The van der Waals surface area contributed by atoms with E-state index in [0.29, 0.717) is 0 Å². The van der Waals surface area contributed by atoms with Crippen LogP contribution in [0.15, 0.2) is 205 Å². The molecule has 9 rings (SSSR count). The minimum absolute atomic E-state index is 0.459. The Morgan fingerprint density at radius 2 is 0.660 bits per heavy atom. The number of fused-ring (bicyclic) bond motifs is 3. The van der Waals surface area contributed by atoms with Crippen molar-refractivity contribution in [3.63, 3.8) is 0 Å². The third kappa shape index (κ3) is 5.14. The predicted molar refractivity (Wildman–Crippen MR) is 213 cm³/mol. The topological polar surface area (TPSA) is 0 Å². The van der Waals surface area contributed by atoms with Crippen molar-refractivity contribution in [1.82, 2.24) is 0 Å². The number of benzene rings is 8. The standard InChI is InChI=1S/C49H33Br/c50-44-23-13-22-43(33-44)49(47-26-9-7-24-45(47)46-25-8-10-27-48(46)49)42-21-12-20-38(32-42)36-18-11-19-37(28-36)41-30-39(34-14-3-1-4-15-34)29-40(31-41)35-16-5-2-6-17-35/h1-33H. The first kappa shape index (κ1) is 30.3. The number of rotatable bonds is 6. The summed E-state index contributed by atoms with van der Waals surface area (Å²) in [4.78, 5) is 0. The molecule has 0 bridgehead atoms. The maximum Gasteiger partial charge on any atom is 0.0714 e. The number of hydrogen-bond donors (Lipinski definition) is 0. The normalized spacial score (nSPS) is 12.7. The van der Waals surface area contributed by atoms with E-state index in [1.54, 1.807) is 0 Å². The third-order valence-electron chi connectivity index (χ3n) is 10.2. The van der Waals surface area contributed by atoms with Crippen LogP contribution in [-0.2, 0) is 5.41 Å². The smallest absolute Gasteiger partial charge is 0.0622 e. The van der Waals surface area contributed by atoms with Gasteiger partial charge in [-0.2, -0.15) is 0 Å². The quantitative estimate of drug-likeness (QED) is 0.162. The molecule has 0 saturated heterocycles. The van der Waals surface area contributed by atoms with Crippen molar-refractivity contribution in [3.8, 4) is 55.6 Å². The summed E-state index contributed by atoms with van der Waals surface area (Å²) in [6.07, 6.45) is 0. The van der Waals surface area contributed by atoms with Gasteiger partial charge in [0.1, 0.15) is 0 Å². The van der Waals surface area contributed by atoms with Crippen molar-refractivity contribution >= 4 is 15.9 Å². The van der Waals surface area contributed by atoms with Crippen LogP contribution < -0.4 is 0 Å². The molecule has 0 heterocycles. The molecular formula is C49H33Br. The maximum absolute atomic E-state index is 3.81. The van der Waals surface area contributed by atoms with Gasteiger partial charge in [0, 0.05) is 4.47 Å². The van der Waals surface area contributed by atoms with Gasteiger partial charge in [-0.1, -0.05) is 174 Å². The molecule has 0 atom stereocenters. The van der Waals surface area contributed by atoms with Crippen LogP contribution in [0.3, 0.4) is 0 Å². The van der Waals surface area contributed by atoms with Gasteiger partial charge in [-0.15, -0.1) is 0 Å². The minimum atomic E-state index is -0.459. The molecule has 0 unspecified atom stereocenters. The van der Waals surface area contributed by atoms with Crippen LogP contribution in [0.2, 0.25) is 0 Å². The summed E-state index contributed by atoms with van der Waals surface area (Å²) in [5.41, 5.74) is 16.9. The summed E-state index contributed by atoms with van der Waals surface area (Å²) in [5, 5.41) is 0. The fraction of sp³-hybridized carbons (Fsp3) is 0.0204. The molecule has 8 aromatic carbocycles. The van der Waals surface area contributed by atoms with Crippen molar-refractivity contribution in [1.29, 1.82) is 0 Å². The number of halogens is 1. The molecule has 0 spiro atoms. The Bertz CT molecular complexity index is 2390. The lowest BCUT2D eigenvalue weighted by atomic mass is 9.67. The van der Waals surface area contributed by atoms with Gasteiger partial charge in [0.05, 0.1) is 5.41 Å². The van der Waals surface area contributed by atoms with Crippen LogP contribution in [0.4, 0.5) is 0 Å². The van der Waals surface area contributed by atoms with E-state index in [1.165, 1.54) is 77.9 Å². The fourth-order valence-corrected chi connectivity index (χ4v) is 8.34. The Balaban J connectivity index is 1.21. The Labute approximate surface area is 302 Å². The second kappa shape index (κ2) is 12.6. The Morgan fingerprint density at radius 1 is 0.280 bits per heavy atom. The van der Waals surface area contributed by atoms with Gasteiger partial charge in [0.15, 0.2) is 0 Å². The lowest BCUT2D eigenvalue weighted by Crippen LogP contribution is -2.28. The molecule has 0 nitrogen and oxygen atoms in total. The van der Waals surface area contributed by atoms with Gasteiger partial charge in [0.25, 0.3) is 0 Å². The third-order valence-corrected chi connectivity index (χ3v) is 10.7. The van der Waals surface area contributed by atoms with Gasteiger partial charge in [0.2, 0.25) is 0 Å². The predicted octanol–water partition coefficient (Wildman–Crippen LogP) is 13.5. The monoisotopic (exact) mass is 700 g/mol. The zero-order chi connectivity index (χ0) is 33.5. The van der Waals surface area contributed by atoms with Crippen molar-refractivity contribution in [2.75, 3.05) is 0 Å². The van der Waals surface area contributed by atoms with E-state index >= 15 is 0 Å². The van der Waals surface area contributed by atoms with Crippen molar-refractivity contribution in [3.05, 3.63) is 227 Å². The van der Waals surface area contributed by atoms with E-state index in [2.05, 4.69) is 216 Å². The molecule has 1 aliphatic carbocycles. The summed E-state index contributed by atoms with van der Waals surface area (Å²) in [6, 6.07) is 73.2. The number of hydrogen-bond acceptors (Lipinski definition) is 0. The molecule has 1 aliphatic rings. The van der Waals surface area contributed by atoms with E-state index in [0.717, 1.165) is 4.47 Å². The summed E-state index contributed by atoms with van der Waals surface area (Å²) in [5.74, 6) is 0. The van der Waals surface area contributed by atoms with Crippen molar-refractivity contribution < 1.29 is 0 Å². The molecule has 0 amide bonds. The van der Waals surface area contributed by atoms with E-state index in [4.69, 9.17) is 0 Å². The van der Waals surface area contributed by atoms with E-state index < -0.39 is 5.41 Å². The average Bonchev–Trinajstić information content (AvgIpc) is 3.50. The van der Waals surface area contributed by atoms with Crippen molar-refractivity contribution in [2.45, 2.75) is 5.41 Å². The van der Waals surface area contributed by atoms with Gasteiger partial charge >= 0.3 is 0 Å². The minimum Gasteiger partial charge on any atom is -0.0622 e. The second-order valence-electron chi connectivity index (χ2n) is 13.0. The molecule has 0 fully saturated rings. The molecule has 0 aromatic heterocycles. The first-order valence-corrected chi connectivity index (χ1v) is 17.9. The highest BCUT2D eigenvalue weighted by Gasteiger charge is 2.46. The molecular weight excluding hydrogens is 668 g/mol. The summed E-state index contributed by atoms with van der Waals surface area (Å²) in [7, 11) is 0. The van der Waals surface area contributed by atoms with Crippen LogP contribution in [-0.4, -0.2) is 0 Å². The molecule has 1 heteroatoms. The summed E-state index contributed by atoms with van der Waals surface area (Å²) < 4.78 is 1.08. The van der Waals surface area contributed by atoms with Gasteiger partial charge in [-0.3, -0.25) is 0 Å². The average molecular weight is 702 g/mol. The fourth-order valence-electron chi connectivity index (χ4n) is 7.94. The summed E-state index contributed by atoms with van der Waals surface area (Å²) >= 11 is 3.81. The molecule has 50 heavy (non-hydrogen) atoms. The zero-order valence-electron chi connectivity index (χ0n) is 27.4. The van der Waals surface area contributed by atoms with Gasteiger partial charge in [-0.25, -0.2) is 0 Å². The van der Waals surface area contributed by atoms with Crippen LogP contribution in [0.25, 0.3) is 55.6 Å². The van der Waals surface area contributed by atoms with Gasteiger partial charge < -0.3 is 0 Å². The highest BCUT2D eigenvalue weighted by Crippen LogP contribution is 2.56. The van der Waals surface area contributed by atoms with Crippen LogP contribution >= 0.6 is 15.9 Å².